The summed E-state index contributed by atoms with van der Waals surface area (Å²) in [5.41, 5.74) is 2.21. The van der Waals surface area contributed by atoms with E-state index in [1.807, 2.05) is 24.3 Å². The second-order valence-electron chi connectivity index (χ2n) is 5.31. The third-order valence-corrected chi connectivity index (χ3v) is 5.51. The molecule has 0 saturated carbocycles. The minimum absolute atomic E-state index is 0.273. The van der Waals surface area contributed by atoms with E-state index in [1.54, 1.807) is 12.1 Å². The van der Waals surface area contributed by atoms with E-state index in [2.05, 4.69) is 11.1 Å². The SMILES string of the molecule is CN1C(=O)S/C(=C\c2ccc(SC3=Nc4ccccc4C3)o2)C1=O. The van der Waals surface area contributed by atoms with Crippen LogP contribution in [0.1, 0.15) is 11.3 Å². The number of para-hydroxylation sites is 1. The lowest BCUT2D eigenvalue weighted by atomic mass is 10.2. The zero-order valence-corrected chi connectivity index (χ0v) is 14.3. The second-order valence-corrected chi connectivity index (χ2v) is 7.38. The first kappa shape index (κ1) is 15.3. The number of nitrogens with zero attached hydrogens (tertiary/aromatic N) is 2. The van der Waals surface area contributed by atoms with E-state index in [0.717, 1.165) is 33.8 Å². The van der Waals surface area contributed by atoms with Crippen molar-refractivity contribution in [1.82, 2.24) is 4.90 Å². The lowest BCUT2D eigenvalue weighted by molar-refractivity contribution is -0.121. The number of carbonyl (C=O) groups is 2. The maximum atomic E-state index is 11.9. The molecule has 0 spiro atoms. The highest BCUT2D eigenvalue weighted by atomic mass is 32.2. The van der Waals surface area contributed by atoms with Crippen LogP contribution >= 0.6 is 23.5 Å². The molecule has 24 heavy (non-hydrogen) atoms. The summed E-state index contributed by atoms with van der Waals surface area (Å²) >= 11 is 2.39. The molecule has 0 aliphatic carbocycles. The molecule has 0 unspecified atom stereocenters. The Labute approximate surface area is 146 Å². The van der Waals surface area contributed by atoms with Crippen molar-refractivity contribution in [3.8, 4) is 0 Å². The Morgan fingerprint density at radius 2 is 2.08 bits per heavy atom. The first-order valence-electron chi connectivity index (χ1n) is 7.25. The third-order valence-electron chi connectivity index (χ3n) is 3.66. The van der Waals surface area contributed by atoms with E-state index in [1.165, 1.54) is 24.4 Å². The van der Waals surface area contributed by atoms with Crippen molar-refractivity contribution in [2.45, 2.75) is 11.5 Å². The Bertz CT molecular complexity index is 914. The molecule has 1 fully saturated rings. The summed E-state index contributed by atoms with van der Waals surface area (Å²) in [6.07, 6.45) is 2.40. The van der Waals surface area contributed by atoms with Gasteiger partial charge in [-0.2, -0.15) is 0 Å². The molecular weight excluding hydrogens is 344 g/mol. The number of benzene rings is 1. The fourth-order valence-electron chi connectivity index (χ4n) is 2.42. The van der Waals surface area contributed by atoms with Crippen molar-refractivity contribution in [3.05, 3.63) is 52.6 Å². The summed E-state index contributed by atoms with van der Waals surface area (Å²) in [6, 6.07) is 11.7. The van der Waals surface area contributed by atoms with E-state index in [9.17, 15) is 9.59 Å². The summed E-state index contributed by atoms with van der Waals surface area (Å²) in [4.78, 5) is 29.4. The number of imide groups is 1. The van der Waals surface area contributed by atoms with Gasteiger partial charge in [-0.25, -0.2) is 4.99 Å². The number of rotatable bonds is 2. The molecule has 120 valence electrons. The normalized spacial score (nSPS) is 18.5. The Morgan fingerprint density at radius 3 is 2.83 bits per heavy atom. The first-order chi connectivity index (χ1) is 11.6. The van der Waals surface area contributed by atoms with Crippen LogP contribution in [0.2, 0.25) is 0 Å². The predicted octanol–water partition coefficient (Wildman–Crippen LogP) is 4.32. The Hall–Kier alpha value is -2.25. The van der Waals surface area contributed by atoms with E-state index in [4.69, 9.17) is 4.42 Å². The van der Waals surface area contributed by atoms with Crippen LogP contribution in [-0.2, 0) is 11.2 Å². The van der Waals surface area contributed by atoms with Gasteiger partial charge in [-0.1, -0.05) is 18.2 Å². The van der Waals surface area contributed by atoms with E-state index < -0.39 is 0 Å². The van der Waals surface area contributed by atoms with Crippen molar-refractivity contribution in [2.24, 2.45) is 4.99 Å². The molecule has 2 aliphatic rings. The molecule has 0 radical (unpaired) electrons. The average molecular weight is 356 g/mol. The van der Waals surface area contributed by atoms with Crippen LogP contribution in [0.15, 0.2) is 55.8 Å². The van der Waals surface area contributed by atoms with Gasteiger partial charge < -0.3 is 4.42 Å². The maximum absolute atomic E-state index is 11.9. The largest absolute Gasteiger partial charge is 0.450 e. The minimum atomic E-state index is -0.300. The second kappa shape index (κ2) is 5.99. The van der Waals surface area contributed by atoms with Gasteiger partial charge >= 0.3 is 0 Å². The van der Waals surface area contributed by atoms with Gasteiger partial charge in [0.25, 0.3) is 11.1 Å². The third kappa shape index (κ3) is 2.81. The Morgan fingerprint density at radius 1 is 1.25 bits per heavy atom. The lowest BCUT2D eigenvalue weighted by Crippen LogP contribution is -2.22. The highest BCUT2D eigenvalue weighted by molar-refractivity contribution is 8.18. The molecule has 5 nitrogen and oxygen atoms in total. The van der Waals surface area contributed by atoms with Crippen LogP contribution in [-0.4, -0.2) is 28.1 Å². The number of amides is 2. The molecule has 0 atom stereocenters. The molecule has 1 aromatic carbocycles. The van der Waals surface area contributed by atoms with Gasteiger partial charge in [-0.3, -0.25) is 14.5 Å². The number of hydrogen-bond donors (Lipinski definition) is 0. The summed E-state index contributed by atoms with van der Waals surface area (Å²) in [6.45, 7) is 0. The fraction of sp³-hybridized carbons (Fsp3) is 0.118. The van der Waals surface area contributed by atoms with E-state index >= 15 is 0 Å². The molecule has 0 bridgehead atoms. The number of likely N-dealkylation sites (N-methyl/N-ethyl adjacent to an activating group) is 1. The predicted molar refractivity (Wildman–Crippen MR) is 95.5 cm³/mol. The molecule has 1 saturated heterocycles. The van der Waals surface area contributed by atoms with Crippen molar-refractivity contribution in [1.29, 1.82) is 0 Å². The number of fused-ring (bicyclic) bond motifs is 1. The molecule has 2 aliphatic heterocycles. The maximum Gasteiger partial charge on any atom is 0.293 e. The van der Waals surface area contributed by atoms with Gasteiger partial charge in [0.2, 0.25) is 0 Å². The van der Waals surface area contributed by atoms with Gasteiger partial charge in [0.15, 0.2) is 5.09 Å². The highest BCUT2D eigenvalue weighted by Crippen LogP contribution is 2.35. The standard InChI is InChI=1S/C17H12N2O3S2/c1-19-16(20)13(23-17(19)21)9-11-6-7-15(22-11)24-14-8-10-4-2-3-5-12(10)18-14/h2-7,9H,8H2,1H3/b13-9-. The van der Waals surface area contributed by atoms with Crippen molar-refractivity contribution in [2.75, 3.05) is 7.05 Å². The summed E-state index contributed by atoms with van der Waals surface area (Å²) in [7, 11) is 1.47. The lowest BCUT2D eigenvalue weighted by Gasteiger charge is -2.00. The van der Waals surface area contributed by atoms with Crippen molar-refractivity contribution in [3.63, 3.8) is 0 Å². The number of furan rings is 1. The zero-order chi connectivity index (χ0) is 16.7. The van der Waals surface area contributed by atoms with Crippen LogP contribution < -0.4 is 0 Å². The molecule has 2 aromatic rings. The summed E-state index contributed by atoms with van der Waals surface area (Å²) in [5, 5.41) is 1.42. The monoisotopic (exact) mass is 356 g/mol. The Kier molecular flexibility index (Phi) is 3.82. The van der Waals surface area contributed by atoms with Crippen LogP contribution in [0, 0.1) is 0 Å². The van der Waals surface area contributed by atoms with Crippen LogP contribution in [0.3, 0.4) is 0 Å². The number of thioether (sulfide) groups is 2. The summed E-state index contributed by atoms with van der Waals surface area (Å²) < 4.78 is 5.74. The molecule has 2 amide bonds. The first-order valence-corrected chi connectivity index (χ1v) is 8.88. The van der Waals surface area contributed by atoms with Gasteiger partial charge in [0, 0.05) is 19.5 Å². The number of aliphatic imine (C=N–C) groups is 1. The molecule has 3 heterocycles. The van der Waals surface area contributed by atoms with Gasteiger partial charge in [-0.05, 0) is 47.3 Å². The number of hydrogen-bond acceptors (Lipinski definition) is 6. The molecule has 0 N–H and O–H groups in total. The molecule has 4 rings (SSSR count). The van der Waals surface area contributed by atoms with Crippen molar-refractivity contribution >= 4 is 51.5 Å². The fourth-order valence-corrected chi connectivity index (χ4v) is 4.11. The average Bonchev–Trinajstić information content (AvgIpc) is 3.24. The van der Waals surface area contributed by atoms with Gasteiger partial charge in [0.1, 0.15) is 5.76 Å². The topological polar surface area (TPSA) is 62.9 Å². The van der Waals surface area contributed by atoms with Gasteiger partial charge in [-0.15, -0.1) is 0 Å². The van der Waals surface area contributed by atoms with Crippen LogP contribution in [0.4, 0.5) is 10.5 Å². The smallest absolute Gasteiger partial charge is 0.293 e. The molecule has 7 heteroatoms. The van der Waals surface area contributed by atoms with Crippen LogP contribution in [0.5, 0.6) is 0 Å². The van der Waals surface area contributed by atoms with Crippen LogP contribution in [0.25, 0.3) is 6.08 Å². The van der Waals surface area contributed by atoms with E-state index in [0.29, 0.717) is 15.8 Å². The Balaban J connectivity index is 1.49. The highest BCUT2D eigenvalue weighted by Gasteiger charge is 2.32. The minimum Gasteiger partial charge on any atom is -0.450 e. The van der Waals surface area contributed by atoms with Gasteiger partial charge in [0.05, 0.1) is 15.6 Å². The number of carbonyl (C=O) groups excluding carboxylic acids is 2. The quantitative estimate of drug-likeness (QED) is 0.750. The van der Waals surface area contributed by atoms with Crippen molar-refractivity contribution < 1.29 is 14.0 Å². The molecule has 1 aromatic heterocycles. The summed E-state index contributed by atoms with van der Waals surface area (Å²) in [5.74, 6) is 0.249. The zero-order valence-electron chi connectivity index (χ0n) is 12.7. The molecular formula is C17H12N2O3S2. The van der Waals surface area contributed by atoms with E-state index in [-0.39, 0.29) is 11.1 Å².